The van der Waals surface area contributed by atoms with Crippen molar-refractivity contribution in [3.63, 3.8) is 0 Å². The SMILES string of the molecule is COc1cccc(CNc2ccc(S(=O)(=O)Nc3cccc(C(C)(C)C)c3)cc2)c1O. The van der Waals surface area contributed by atoms with Crippen molar-refractivity contribution in [1.29, 1.82) is 0 Å². The van der Waals surface area contributed by atoms with E-state index >= 15 is 0 Å². The van der Waals surface area contributed by atoms with Crippen molar-refractivity contribution < 1.29 is 18.3 Å². The Morgan fingerprint density at radius 2 is 1.61 bits per heavy atom. The van der Waals surface area contributed by atoms with Crippen molar-refractivity contribution in [1.82, 2.24) is 0 Å². The van der Waals surface area contributed by atoms with E-state index in [0.29, 0.717) is 23.5 Å². The number of rotatable bonds is 7. The molecule has 7 heteroatoms. The van der Waals surface area contributed by atoms with Crippen LogP contribution < -0.4 is 14.8 Å². The van der Waals surface area contributed by atoms with Gasteiger partial charge in [-0.1, -0.05) is 45.0 Å². The van der Waals surface area contributed by atoms with Crippen LogP contribution >= 0.6 is 0 Å². The second kappa shape index (κ2) is 8.89. The van der Waals surface area contributed by atoms with Gasteiger partial charge in [0.2, 0.25) is 0 Å². The molecule has 6 nitrogen and oxygen atoms in total. The molecular formula is C24H28N2O4S. The summed E-state index contributed by atoms with van der Waals surface area (Å²) in [5.74, 6) is 0.487. The number of benzene rings is 3. The molecule has 0 atom stereocenters. The van der Waals surface area contributed by atoms with Gasteiger partial charge in [0.1, 0.15) is 0 Å². The third kappa shape index (κ3) is 5.49. The minimum Gasteiger partial charge on any atom is -0.504 e. The zero-order chi connectivity index (χ0) is 22.6. The van der Waals surface area contributed by atoms with E-state index in [1.54, 1.807) is 48.5 Å². The molecule has 3 aromatic rings. The van der Waals surface area contributed by atoms with E-state index in [0.717, 1.165) is 11.3 Å². The van der Waals surface area contributed by atoms with Crippen LogP contribution in [0.3, 0.4) is 0 Å². The largest absolute Gasteiger partial charge is 0.504 e. The number of para-hydroxylation sites is 1. The Kier molecular flexibility index (Phi) is 6.45. The van der Waals surface area contributed by atoms with Crippen LogP contribution in [0.2, 0.25) is 0 Å². The summed E-state index contributed by atoms with van der Waals surface area (Å²) in [5.41, 5.74) is 2.91. The number of hydrogen-bond donors (Lipinski definition) is 3. The molecule has 0 saturated carbocycles. The molecule has 3 aromatic carbocycles. The van der Waals surface area contributed by atoms with Crippen LogP contribution in [0.25, 0.3) is 0 Å². The summed E-state index contributed by atoms with van der Waals surface area (Å²) in [6.45, 7) is 6.61. The zero-order valence-electron chi connectivity index (χ0n) is 18.1. The fourth-order valence-corrected chi connectivity index (χ4v) is 4.14. The minimum atomic E-state index is -3.71. The topological polar surface area (TPSA) is 87.7 Å². The van der Waals surface area contributed by atoms with Gasteiger partial charge < -0.3 is 15.2 Å². The van der Waals surface area contributed by atoms with E-state index in [2.05, 4.69) is 30.8 Å². The molecule has 0 saturated heterocycles. The summed E-state index contributed by atoms with van der Waals surface area (Å²) in [5, 5.41) is 13.3. The lowest BCUT2D eigenvalue weighted by Gasteiger charge is -2.20. The molecule has 31 heavy (non-hydrogen) atoms. The lowest BCUT2D eigenvalue weighted by Crippen LogP contribution is -2.15. The predicted molar refractivity (Wildman–Crippen MR) is 124 cm³/mol. The van der Waals surface area contributed by atoms with Crippen molar-refractivity contribution in [2.45, 2.75) is 37.6 Å². The second-order valence-electron chi connectivity index (χ2n) is 8.28. The van der Waals surface area contributed by atoms with Gasteiger partial charge in [-0.25, -0.2) is 8.42 Å². The number of methoxy groups -OCH3 is 1. The van der Waals surface area contributed by atoms with Gasteiger partial charge in [-0.2, -0.15) is 0 Å². The summed E-state index contributed by atoms with van der Waals surface area (Å²) < 4.78 is 33.3. The second-order valence-corrected chi connectivity index (χ2v) is 9.96. The Morgan fingerprint density at radius 3 is 2.26 bits per heavy atom. The standard InChI is InChI=1S/C24H28N2O4S/c1-24(2,3)18-8-6-9-20(15-18)26-31(28,29)21-13-11-19(12-14-21)25-16-17-7-5-10-22(30-4)23(17)27/h5-15,25-27H,16H2,1-4H3. The Hall–Kier alpha value is -3.19. The first-order chi connectivity index (χ1) is 14.6. The highest BCUT2D eigenvalue weighted by Crippen LogP contribution is 2.30. The number of aromatic hydroxyl groups is 1. The molecular weight excluding hydrogens is 412 g/mol. The van der Waals surface area contributed by atoms with Crippen LogP contribution in [0, 0.1) is 0 Å². The molecule has 0 heterocycles. The van der Waals surface area contributed by atoms with E-state index in [1.807, 2.05) is 18.2 Å². The quantitative estimate of drug-likeness (QED) is 0.475. The maximum Gasteiger partial charge on any atom is 0.261 e. The van der Waals surface area contributed by atoms with Gasteiger partial charge in [0.15, 0.2) is 11.5 Å². The molecule has 0 aromatic heterocycles. The van der Waals surface area contributed by atoms with Crippen molar-refractivity contribution >= 4 is 21.4 Å². The highest BCUT2D eigenvalue weighted by atomic mass is 32.2. The number of nitrogens with one attached hydrogen (secondary N) is 2. The van der Waals surface area contributed by atoms with E-state index in [1.165, 1.54) is 7.11 Å². The molecule has 0 aliphatic carbocycles. The van der Waals surface area contributed by atoms with Crippen molar-refractivity contribution in [2.75, 3.05) is 17.1 Å². The number of hydrogen-bond acceptors (Lipinski definition) is 5. The third-order valence-corrected chi connectivity index (χ3v) is 6.33. The lowest BCUT2D eigenvalue weighted by atomic mass is 9.87. The third-order valence-electron chi connectivity index (χ3n) is 4.93. The Bertz CT molecular complexity index is 1150. The fraction of sp³-hybridized carbons (Fsp3) is 0.250. The van der Waals surface area contributed by atoms with E-state index in [9.17, 15) is 13.5 Å². The molecule has 0 amide bonds. The maximum absolute atomic E-state index is 12.8. The molecule has 0 aliphatic rings. The summed E-state index contributed by atoms with van der Waals surface area (Å²) in [4.78, 5) is 0.170. The lowest BCUT2D eigenvalue weighted by molar-refractivity contribution is 0.371. The Balaban J connectivity index is 1.71. The van der Waals surface area contributed by atoms with Gasteiger partial charge >= 0.3 is 0 Å². The summed E-state index contributed by atoms with van der Waals surface area (Å²) in [7, 11) is -2.21. The van der Waals surface area contributed by atoms with E-state index in [4.69, 9.17) is 4.74 Å². The maximum atomic E-state index is 12.8. The van der Waals surface area contributed by atoms with Gasteiger partial charge in [0.05, 0.1) is 12.0 Å². The fourth-order valence-electron chi connectivity index (χ4n) is 3.09. The molecule has 0 spiro atoms. The number of ether oxygens (including phenoxy) is 1. The van der Waals surface area contributed by atoms with Crippen LogP contribution in [0.15, 0.2) is 71.6 Å². The molecule has 3 rings (SSSR count). The van der Waals surface area contributed by atoms with Crippen LogP contribution in [0.4, 0.5) is 11.4 Å². The molecule has 164 valence electrons. The number of phenolic OH excluding ortho intramolecular Hbond substituents is 1. The predicted octanol–water partition coefficient (Wildman–Crippen LogP) is 5.11. The van der Waals surface area contributed by atoms with Crippen LogP contribution in [0.1, 0.15) is 31.9 Å². The highest BCUT2D eigenvalue weighted by Gasteiger charge is 2.17. The number of anilines is 2. The first-order valence-corrected chi connectivity index (χ1v) is 11.4. The summed E-state index contributed by atoms with van der Waals surface area (Å²) >= 11 is 0. The van der Waals surface area contributed by atoms with Crippen molar-refractivity contribution in [3.05, 3.63) is 77.9 Å². The first kappa shape index (κ1) is 22.5. The van der Waals surface area contributed by atoms with Crippen molar-refractivity contribution in [3.8, 4) is 11.5 Å². The van der Waals surface area contributed by atoms with Gasteiger partial charge in [-0.05, 0) is 53.4 Å². The summed E-state index contributed by atoms with van der Waals surface area (Å²) in [6.07, 6.45) is 0. The highest BCUT2D eigenvalue weighted by molar-refractivity contribution is 7.92. The average Bonchev–Trinajstić information content (AvgIpc) is 2.72. The molecule has 0 unspecified atom stereocenters. The van der Waals surface area contributed by atoms with Crippen LogP contribution in [-0.4, -0.2) is 20.6 Å². The number of sulfonamides is 1. The molecule has 0 fully saturated rings. The van der Waals surface area contributed by atoms with Gasteiger partial charge in [-0.15, -0.1) is 0 Å². The average molecular weight is 441 g/mol. The number of phenols is 1. The monoisotopic (exact) mass is 440 g/mol. The molecule has 0 radical (unpaired) electrons. The smallest absolute Gasteiger partial charge is 0.261 e. The van der Waals surface area contributed by atoms with E-state index < -0.39 is 10.0 Å². The van der Waals surface area contributed by atoms with Gasteiger partial charge in [0, 0.05) is 23.5 Å². The molecule has 0 bridgehead atoms. The van der Waals surface area contributed by atoms with Crippen molar-refractivity contribution in [2.24, 2.45) is 0 Å². The van der Waals surface area contributed by atoms with E-state index in [-0.39, 0.29) is 16.1 Å². The van der Waals surface area contributed by atoms with Gasteiger partial charge in [0.25, 0.3) is 10.0 Å². The van der Waals surface area contributed by atoms with Gasteiger partial charge in [-0.3, -0.25) is 4.72 Å². The zero-order valence-corrected chi connectivity index (χ0v) is 19.0. The molecule has 0 aliphatic heterocycles. The Labute approximate surface area is 184 Å². The van der Waals surface area contributed by atoms with Crippen LogP contribution in [-0.2, 0) is 22.0 Å². The normalized spacial score (nSPS) is 11.7. The molecule has 3 N–H and O–H groups in total. The van der Waals surface area contributed by atoms with Crippen LogP contribution in [0.5, 0.6) is 11.5 Å². The Morgan fingerprint density at radius 1 is 0.935 bits per heavy atom. The first-order valence-electron chi connectivity index (χ1n) is 9.92. The summed E-state index contributed by atoms with van der Waals surface area (Å²) in [6, 6.07) is 19.2. The minimum absolute atomic E-state index is 0.0774.